The number of thiophene rings is 1. The van der Waals surface area contributed by atoms with Gasteiger partial charge in [0.05, 0.1) is 17.1 Å². The first-order valence-corrected chi connectivity index (χ1v) is 12.0. The predicted molar refractivity (Wildman–Crippen MR) is 126 cm³/mol. The van der Waals surface area contributed by atoms with E-state index in [1.807, 2.05) is 52.4 Å². The lowest BCUT2D eigenvalue weighted by Gasteiger charge is -2.11. The van der Waals surface area contributed by atoms with E-state index in [-0.39, 0.29) is 12.5 Å². The van der Waals surface area contributed by atoms with Crippen LogP contribution in [0.1, 0.15) is 21.1 Å². The number of carbonyl (C=O) groups excluding carboxylic acids is 1. The van der Waals surface area contributed by atoms with Crippen LogP contribution in [0.4, 0.5) is 0 Å². The molecule has 4 rings (SSSR count). The van der Waals surface area contributed by atoms with Crippen LogP contribution in [-0.4, -0.2) is 20.7 Å². The summed E-state index contributed by atoms with van der Waals surface area (Å²) >= 11 is 12.7. The van der Waals surface area contributed by atoms with E-state index >= 15 is 0 Å². The molecule has 0 aliphatic carbocycles. The second-order valence-electron chi connectivity index (χ2n) is 6.29. The average Bonchev–Trinajstić information content (AvgIpc) is 3.42. The number of hydrogen-bond acceptors (Lipinski definition) is 5. The first-order valence-electron chi connectivity index (χ1n) is 8.99. The van der Waals surface area contributed by atoms with Crippen LogP contribution in [0.3, 0.4) is 0 Å². The lowest BCUT2D eigenvalue weighted by Crippen LogP contribution is -2.23. The number of halogens is 2. The molecule has 0 fully saturated rings. The van der Waals surface area contributed by atoms with Crippen LogP contribution in [0.2, 0.25) is 5.02 Å². The van der Waals surface area contributed by atoms with Gasteiger partial charge in [-0.3, -0.25) is 9.36 Å². The molecule has 30 heavy (non-hydrogen) atoms. The van der Waals surface area contributed by atoms with E-state index in [4.69, 9.17) is 11.6 Å². The summed E-state index contributed by atoms with van der Waals surface area (Å²) < 4.78 is 2.98. The Hall–Kier alpha value is -2.13. The SMILES string of the molecule is O=C(NCc1nnc(SCc2ccc(Br)cc2)n1-c1cccc(Cl)c1)c1cccs1. The fourth-order valence-electron chi connectivity index (χ4n) is 2.77. The van der Waals surface area contributed by atoms with Gasteiger partial charge in [0.2, 0.25) is 0 Å². The van der Waals surface area contributed by atoms with Crippen LogP contribution in [-0.2, 0) is 12.3 Å². The zero-order valence-corrected chi connectivity index (χ0v) is 19.6. The Morgan fingerprint density at radius 1 is 1.13 bits per heavy atom. The smallest absolute Gasteiger partial charge is 0.261 e. The molecule has 0 radical (unpaired) electrons. The molecule has 0 saturated heterocycles. The number of hydrogen-bond donors (Lipinski definition) is 1. The molecule has 9 heteroatoms. The molecule has 0 aliphatic heterocycles. The predicted octanol–water partition coefficient (Wildman–Crippen LogP) is 5.97. The molecule has 4 aromatic rings. The number of nitrogens with one attached hydrogen (secondary N) is 1. The van der Waals surface area contributed by atoms with E-state index in [1.54, 1.807) is 17.8 Å². The minimum atomic E-state index is -0.130. The summed E-state index contributed by atoms with van der Waals surface area (Å²) in [4.78, 5) is 13.0. The van der Waals surface area contributed by atoms with Crippen LogP contribution in [0, 0.1) is 0 Å². The lowest BCUT2D eigenvalue weighted by molar-refractivity contribution is 0.0953. The maximum atomic E-state index is 12.3. The Morgan fingerprint density at radius 2 is 1.97 bits per heavy atom. The van der Waals surface area contributed by atoms with Crippen molar-refractivity contribution in [2.75, 3.05) is 0 Å². The number of rotatable bonds is 7. The molecular weight excluding hydrogens is 504 g/mol. The second kappa shape index (κ2) is 9.78. The Balaban J connectivity index is 1.58. The molecular formula is C21H16BrClN4OS2. The standard InChI is InChI=1S/C21H16BrClN4OS2/c22-15-8-6-14(7-9-15)13-30-21-26-25-19(12-24-20(28)18-5-2-10-29-18)27(21)17-4-1-3-16(23)11-17/h1-11H,12-13H2,(H,24,28). The number of carbonyl (C=O) groups is 1. The van der Waals surface area contributed by atoms with Crippen LogP contribution < -0.4 is 5.32 Å². The zero-order valence-electron chi connectivity index (χ0n) is 15.6. The number of benzene rings is 2. The molecule has 0 atom stereocenters. The van der Waals surface area contributed by atoms with Gasteiger partial charge in [0.25, 0.3) is 5.91 Å². The molecule has 2 heterocycles. The van der Waals surface area contributed by atoms with Crippen molar-refractivity contribution >= 4 is 56.5 Å². The zero-order chi connectivity index (χ0) is 20.9. The fourth-order valence-corrected chi connectivity index (χ4v) is 4.78. The summed E-state index contributed by atoms with van der Waals surface area (Å²) in [7, 11) is 0. The van der Waals surface area contributed by atoms with Crippen molar-refractivity contribution in [3.8, 4) is 5.69 Å². The quantitative estimate of drug-likeness (QED) is 0.306. The Morgan fingerprint density at radius 3 is 2.70 bits per heavy atom. The Labute approximate surface area is 195 Å². The highest BCUT2D eigenvalue weighted by molar-refractivity contribution is 9.10. The summed E-state index contributed by atoms with van der Waals surface area (Å²) in [5, 5.41) is 14.9. The van der Waals surface area contributed by atoms with E-state index in [9.17, 15) is 4.79 Å². The Bertz CT molecular complexity index is 1150. The van der Waals surface area contributed by atoms with Gasteiger partial charge in [-0.1, -0.05) is 63.6 Å². The van der Waals surface area contributed by atoms with Gasteiger partial charge in [-0.25, -0.2) is 0 Å². The molecule has 1 amide bonds. The minimum Gasteiger partial charge on any atom is -0.344 e. The summed E-state index contributed by atoms with van der Waals surface area (Å²) in [5.74, 6) is 1.25. The Kier molecular flexibility index (Phi) is 6.89. The van der Waals surface area contributed by atoms with Crippen molar-refractivity contribution in [1.82, 2.24) is 20.1 Å². The topological polar surface area (TPSA) is 59.8 Å². The van der Waals surface area contributed by atoms with Crippen molar-refractivity contribution in [1.29, 1.82) is 0 Å². The number of aromatic nitrogens is 3. The van der Waals surface area contributed by atoms with Crippen molar-refractivity contribution in [3.63, 3.8) is 0 Å². The highest BCUT2D eigenvalue weighted by Crippen LogP contribution is 2.27. The van der Waals surface area contributed by atoms with Crippen molar-refractivity contribution in [2.45, 2.75) is 17.5 Å². The molecule has 0 unspecified atom stereocenters. The summed E-state index contributed by atoms with van der Waals surface area (Å²) in [6.45, 7) is 0.259. The van der Waals surface area contributed by atoms with Gasteiger partial charge in [0.1, 0.15) is 0 Å². The van der Waals surface area contributed by atoms with Crippen LogP contribution in [0.15, 0.2) is 75.7 Å². The third kappa shape index (κ3) is 5.13. The molecule has 0 bridgehead atoms. The van der Waals surface area contributed by atoms with Gasteiger partial charge in [0, 0.05) is 15.2 Å². The first kappa shape index (κ1) is 21.1. The van der Waals surface area contributed by atoms with Gasteiger partial charge in [-0.05, 0) is 47.3 Å². The minimum absolute atomic E-state index is 0.130. The molecule has 2 aromatic carbocycles. The first-order chi connectivity index (χ1) is 14.6. The van der Waals surface area contributed by atoms with Crippen LogP contribution in [0.5, 0.6) is 0 Å². The molecule has 0 aliphatic rings. The summed E-state index contributed by atoms with van der Waals surface area (Å²) in [6, 6.07) is 19.3. The second-order valence-corrected chi connectivity index (χ2v) is 9.53. The monoisotopic (exact) mass is 518 g/mol. The third-order valence-electron chi connectivity index (χ3n) is 4.20. The van der Waals surface area contributed by atoms with Crippen LogP contribution >= 0.6 is 50.6 Å². The summed E-state index contributed by atoms with van der Waals surface area (Å²) in [6.07, 6.45) is 0. The summed E-state index contributed by atoms with van der Waals surface area (Å²) in [5.41, 5.74) is 2.03. The third-order valence-corrected chi connectivity index (χ3v) is 6.83. The molecule has 152 valence electrons. The number of amides is 1. The molecule has 0 spiro atoms. The van der Waals surface area contributed by atoms with Crippen LogP contribution in [0.25, 0.3) is 5.69 Å². The maximum absolute atomic E-state index is 12.3. The van der Waals surface area contributed by atoms with Crippen molar-refractivity contribution in [3.05, 3.63) is 91.8 Å². The van der Waals surface area contributed by atoms with Gasteiger partial charge < -0.3 is 5.32 Å². The lowest BCUT2D eigenvalue weighted by atomic mass is 10.2. The normalized spacial score (nSPS) is 10.9. The van der Waals surface area contributed by atoms with E-state index in [0.29, 0.717) is 15.7 Å². The molecule has 5 nitrogen and oxygen atoms in total. The van der Waals surface area contributed by atoms with Crippen molar-refractivity contribution in [2.24, 2.45) is 0 Å². The van der Waals surface area contributed by atoms with Gasteiger partial charge in [-0.15, -0.1) is 21.5 Å². The van der Waals surface area contributed by atoms with Gasteiger partial charge in [-0.2, -0.15) is 0 Å². The molecule has 2 aromatic heterocycles. The van der Waals surface area contributed by atoms with E-state index in [1.165, 1.54) is 16.9 Å². The number of nitrogens with zero attached hydrogens (tertiary/aromatic N) is 3. The van der Waals surface area contributed by atoms with Gasteiger partial charge >= 0.3 is 0 Å². The van der Waals surface area contributed by atoms with E-state index in [2.05, 4.69) is 43.6 Å². The average molecular weight is 520 g/mol. The van der Waals surface area contributed by atoms with Crippen molar-refractivity contribution < 1.29 is 4.79 Å². The number of thioether (sulfide) groups is 1. The molecule has 1 N–H and O–H groups in total. The highest BCUT2D eigenvalue weighted by Gasteiger charge is 2.16. The highest BCUT2D eigenvalue weighted by atomic mass is 79.9. The van der Waals surface area contributed by atoms with E-state index in [0.717, 1.165) is 21.1 Å². The maximum Gasteiger partial charge on any atom is 0.261 e. The molecule has 0 saturated carbocycles. The van der Waals surface area contributed by atoms with E-state index < -0.39 is 0 Å². The van der Waals surface area contributed by atoms with Gasteiger partial charge in [0.15, 0.2) is 11.0 Å². The largest absolute Gasteiger partial charge is 0.344 e. The fraction of sp³-hybridized carbons (Fsp3) is 0.0952.